The van der Waals surface area contributed by atoms with Gasteiger partial charge in [0.05, 0.1) is 5.69 Å². The van der Waals surface area contributed by atoms with Crippen molar-refractivity contribution in [2.24, 2.45) is 0 Å². The van der Waals surface area contributed by atoms with Crippen LogP contribution in [-0.4, -0.2) is 9.97 Å². The number of rotatable bonds is 2. The van der Waals surface area contributed by atoms with E-state index in [1.165, 1.54) is 12.1 Å². The van der Waals surface area contributed by atoms with Crippen molar-refractivity contribution in [3.8, 4) is 0 Å². The Balaban J connectivity index is 2.30. The predicted molar refractivity (Wildman–Crippen MR) is 74.9 cm³/mol. The van der Waals surface area contributed by atoms with Gasteiger partial charge in [-0.2, -0.15) is 0 Å². The lowest BCUT2D eigenvalue weighted by molar-refractivity contribution is 0.563. The Kier molecular flexibility index (Phi) is 3.85. The van der Waals surface area contributed by atoms with Gasteiger partial charge >= 0.3 is 0 Å². The van der Waals surface area contributed by atoms with E-state index in [2.05, 4.69) is 30.7 Å². The molecule has 0 saturated carbocycles. The lowest BCUT2D eigenvalue weighted by atomic mass is 9.92. The van der Waals surface area contributed by atoms with E-state index in [4.69, 9.17) is 11.6 Å². The summed E-state index contributed by atoms with van der Waals surface area (Å²) in [5.74, 6) is 0.412. The van der Waals surface area contributed by atoms with Gasteiger partial charge in [0.15, 0.2) is 0 Å². The topological polar surface area (TPSA) is 25.8 Å². The van der Waals surface area contributed by atoms with Crippen LogP contribution in [0.3, 0.4) is 0 Å². The van der Waals surface area contributed by atoms with E-state index in [-0.39, 0.29) is 11.2 Å². The van der Waals surface area contributed by atoms with Gasteiger partial charge in [-0.1, -0.05) is 44.5 Å². The quantitative estimate of drug-likeness (QED) is 0.771. The second-order valence-corrected chi connectivity index (χ2v) is 5.93. The normalized spacial score (nSPS) is 11.6. The minimum atomic E-state index is -0.244. The molecule has 0 aliphatic heterocycles. The van der Waals surface area contributed by atoms with Crippen LogP contribution in [0.5, 0.6) is 0 Å². The first-order chi connectivity index (χ1) is 8.84. The monoisotopic (exact) mass is 278 g/mol. The molecule has 0 bridgehead atoms. The highest BCUT2D eigenvalue weighted by atomic mass is 35.5. The third-order valence-corrected chi connectivity index (χ3v) is 2.98. The van der Waals surface area contributed by atoms with Crippen LogP contribution in [0, 0.1) is 5.82 Å². The van der Waals surface area contributed by atoms with Crippen LogP contribution in [-0.2, 0) is 11.8 Å². The lowest BCUT2D eigenvalue weighted by Crippen LogP contribution is -2.15. The van der Waals surface area contributed by atoms with E-state index < -0.39 is 0 Å². The van der Waals surface area contributed by atoms with Crippen LogP contribution >= 0.6 is 11.6 Å². The summed E-state index contributed by atoms with van der Waals surface area (Å²) >= 11 is 6.04. The van der Waals surface area contributed by atoms with Crippen LogP contribution in [0.4, 0.5) is 4.39 Å². The third kappa shape index (κ3) is 3.74. The molecule has 1 aromatic heterocycles. The van der Waals surface area contributed by atoms with E-state index >= 15 is 0 Å². The molecule has 0 aliphatic carbocycles. The Hall–Kier alpha value is -1.48. The molecule has 2 nitrogen and oxygen atoms in total. The van der Waals surface area contributed by atoms with Crippen LogP contribution in [0.15, 0.2) is 30.3 Å². The number of nitrogens with zero attached hydrogens (tertiary/aromatic N) is 2. The molecule has 0 aliphatic rings. The maximum Gasteiger partial charge on any atom is 0.134 e. The predicted octanol–water partition coefficient (Wildman–Crippen LogP) is 4.16. The van der Waals surface area contributed by atoms with Crippen LogP contribution < -0.4 is 0 Å². The van der Waals surface area contributed by atoms with Crippen LogP contribution in [0.2, 0.25) is 5.15 Å². The molecule has 4 heteroatoms. The highest BCUT2D eigenvalue weighted by Gasteiger charge is 2.17. The Labute approximate surface area is 117 Å². The van der Waals surface area contributed by atoms with Crippen molar-refractivity contribution in [3.63, 3.8) is 0 Å². The molecule has 100 valence electrons. The summed E-state index contributed by atoms with van der Waals surface area (Å²) in [7, 11) is 0. The van der Waals surface area contributed by atoms with Crippen LogP contribution in [0.1, 0.15) is 37.9 Å². The van der Waals surface area contributed by atoms with Gasteiger partial charge in [0, 0.05) is 11.8 Å². The van der Waals surface area contributed by atoms with Gasteiger partial charge in [-0.3, -0.25) is 0 Å². The highest BCUT2D eigenvalue weighted by Crippen LogP contribution is 2.22. The summed E-state index contributed by atoms with van der Waals surface area (Å²) in [6.07, 6.45) is 0.546. The first-order valence-corrected chi connectivity index (χ1v) is 6.51. The Morgan fingerprint density at radius 3 is 2.32 bits per heavy atom. The minimum Gasteiger partial charge on any atom is -0.237 e. The zero-order chi connectivity index (χ0) is 14.0. The molecule has 0 atom stereocenters. The Morgan fingerprint density at radius 1 is 1.11 bits per heavy atom. The summed E-state index contributed by atoms with van der Waals surface area (Å²) < 4.78 is 12.9. The highest BCUT2D eigenvalue weighted by molar-refractivity contribution is 6.29. The molecule has 0 amide bonds. The molecule has 0 saturated heterocycles. The first kappa shape index (κ1) is 13.9. The number of aromatic nitrogens is 2. The smallest absolute Gasteiger partial charge is 0.134 e. The third-order valence-electron chi connectivity index (χ3n) is 2.79. The molecule has 1 heterocycles. The van der Waals surface area contributed by atoms with Gasteiger partial charge in [0.1, 0.15) is 16.8 Å². The van der Waals surface area contributed by atoms with E-state index in [1.54, 1.807) is 18.2 Å². The van der Waals surface area contributed by atoms with Crippen molar-refractivity contribution in [2.75, 3.05) is 0 Å². The Bertz CT molecular complexity index is 574. The molecule has 0 radical (unpaired) electrons. The summed E-state index contributed by atoms with van der Waals surface area (Å²) in [5.41, 5.74) is 1.79. The van der Waals surface area contributed by atoms with E-state index in [0.29, 0.717) is 17.4 Å². The molecule has 0 fully saturated rings. The lowest BCUT2D eigenvalue weighted by Gasteiger charge is -2.18. The summed E-state index contributed by atoms with van der Waals surface area (Å²) in [5, 5.41) is 0.442. The number of hydrogen-bond donors (Lipinski definition) is 0. The minimum absolute atomic E-state index is 0.0792. The maximum absolute atomic E-state index is 12.9. The standard InChI is InChI=1S/C15H16ClFN2/c1-15(2,3)12-9-13(16)19-14(18-12)8-10-4-6-11(17)7-5-10/h4-7,9H,8H2,1-3H3. The summed E-state index contributed by atoms with van der Waals surface area (Å²) in [6.45, 7) is 6.23. The van der Waals surface area contributed by atoms with Crippen molar-refractivity contribution < 1.29 is 4.39 Å². The van der Waals surface area contributed by atoms with Crippen LogP contribution in [0.25, 0.3) is 0 Å². The fourth-order valence-electron chi connectivity index (χ4n) is 1.71. The number of benzene rings is 1. The molecular formula is C15H16ClFN2. The number of halogens is 2. The van der Waals surface area contributed by atoms with Crippen molar-refractivity contribution in [1.29, 1.82) is 0 Å². The van der Waals surface area contributed by atoms with E-state index in [9.17, 15) is 4.39 Å². The zero-order valence-electron chi connectivity index (χ0n) is 11.2. The molecule has 0 spiro atoms. The van der Waals surface area contributed by atoms with E-state index in [1.807, 2.05) is 0 Å². The zero-order valence-corrected chi connectivity index (χ0v) is 12.0. The molecule has 0 N–H and O–H groups in total. The average Bonchev–Trinajstić information content (AvgIpc) is 2.30. The SMILES string of the molecule is CC(C)(C)c1cc(Cl)nc(Cc2ccc(F)cc2)n1. The first-order valence-electron chi connectivity index (χ1n) is 6.13. The van der Waals surface area contributed by atoms with E-state index in [0.717, 1.165) is 11.3 Å². The van der Waals surface area contributed by atoms with Gasteiger partial charge < -0.3 is 0 Å². The van der Waals surface area contributed by atoms with Crippen molar-refractivity contribution in [2.45, 2.75) is 32.6 Å². The maximum atomic E-state index is 12.9. The fraction of sp³-hybridized carbons (Fsp3) is 0.333. The molecular weight excluding hydrogens is 263 g/mol. The van der Waals surface area contributed by atoms with Crippen molar-refractivity contribution in [3.05, 3.63) is 58.4 Å². The summed E-state index contributed by atoms with van der Waals surface area (Å²) in [6, 6.07) is 8.12. The average molecular weight is 279 g/mol. The second kappa shape index (κ2) is 5.25. The van der Waals surface area contributed by atoms with Gasteiger partial charge in [-0.05, 0) is 23.8 Å². The van der Waals surface area contributed by atoms with Gasteiger partial charge in [-0.25, -0.2) is 14.4 Å². The van der Waals surface area contributed by atoms with Gasteiger partial charge in [0.2, 0.25) is 0 Å². The van der Waals surface area contributed by atoms with Gasteiger partial charge in [0.25, 0.3) is 0 Å². The molecule has 19 heavy (non-hydrogen) atoms. The van der Waals surface area contributed by atoms with Crippen molar-refractivity contribution >= 4 is 11.6 Å². The number of hydrogen-bond acceptors (Lipinski definition) is 2. The Morgan fingerprint density at radius 2 is 1.74 bits per heavy atom. The second-order valence-electron chi connectivity index (χ2n) is 5.55. The molecule has 1 aromatic carbocycles. The molecule has 2 aromatic rings. The van der Waals surface area contributed by atoms with Gasteiger partial charge in [-0.15, -0.1) is 0 Å². The largest absolute Gasteiger partial charge is 0.237 e. The molecule has 0 unspecified atom stereocenters. The fourth-order valence-corrected chi connectivity index (χ4v) is 1.91. The van der Waals surface area contributed by atoms with Crippen molar-refractivity contribution in [1.82, 2.24) is 9.97 Å². The molecule has 2 rings (SSSR count). The summed E-state index contributed by atoms with van der Waals surface area (Å²) in [4.78, 5) is 8.76.